The third-order valence-electron chi connectivity index (χ3n) is 7.59. The van der Waals surface area contributed by atoms with Crippen LogP contribution in [0.2, 0.25) is 10.0 Å². The molecule has 0 aliphatic carbocycles. The number of nitrogens with one attached hydrogen (secondary N) is 1. The Bertz CT molecular complexity index is 1750. The third kappa shape index (κ3) is 7.62. The summed E-state index contributed by atoms with van der Waals surface area (Å²) in [6, 6.07) is 25.2. The van der Waals surface area contributed by atoms with Crippen LogP contribution in [0.5, 0.6) is 0 Å². The molecule has 0 saturated heterocycles. The Balaban J connectivity index is 1.83. The van der Waals surface area contributed by atoms with Gasteiger partial charge in [0, 0.05) is 20.0 Å². The molecule has 0 heterocycles. The van der Waals surface area contributed by atoms with Crippen molar-refractivity contribution >= 4 is 50.7 Å². The second-order valence-electron chi connectivity index (χ2n) is 10.6. The van der Waals surface area contributed by atoms with Crippen LogP contribution in [0.1, 0.15) is 27.8 Å². The van der Waals surface area contributed by atoms with Crippen LogP contribution in [0.3, 0.4) is 0 Å². The van der Waals surface area contributed by atoms with Crippen molar-refractivity contribution in [1.82, 2.24) is 10.2 Å². The van der Waals surface area contributed by atoms with Crippen LogP contribution in [0.4, 0.5) is 5.69 Å². The quantitative estimate of drug-likeness (QED) is 0.201. The summed E-state index contributed by atoms with van der Waals surface area (Å²) < 4.78 is 29.5. The molecule has 0 bridgehead atoms. The number of benzene rings is 4. The van der Waals surface area contributed by atoms with Crippen molar-refractivity contribution in [2.24, 2.45) is 0 Å². The molecule has 7 nitrogen and oxygen atoms in total. The number of carbonyl (C=O) groups is 2. The van der Waals surface area contributed by atoms with E-state index < -0.39 is 28.5 Å². The number of amides is 2. The van der Waals surface area contributed by atoms with Crippen LogP contribution in [-0.4, -0.2) is 44.8 Å². The highest BCUT2D eigenvalue weighted by molar-refractivity contribution is 7.92. The zero-order chi connectivity index (χ0) is 32.0. The fraction of sp³-hybridized carbons (Fsp3) is 0.235. The summed E-state index contributed by atoms with van der Waals surface area (Å²) >= 11 is 12.5. The maximum atomic E-state index is 14.4. The minimum absolute atomic E-state index is 0.00807. The van der Waals surface area contributed by atoms with Gasteiger partial charge in [0.15, 0.2) is 0 Å². The van der Waals surface area contributed by atoms with Gasteiger partial charge in [0.1, 0.15) is 12.6 Å². The van der Waals surface area contributed by atoms with Crippen LogP contribution >= 0.6 is 23.2 Å². The van der Waals surface area contributed by atoms with Crippen LogP contribution < -0.4 is 9.62 Å². The number of rotatable bonds is 11. The summed E-state index contributed by atoms with van der Waals surface area (Å²) in [5.74, 6) is -0.945. The van der Waals surface area contributed by atoms with Gasteiger partial charge in [0.2, 0.25) is 11.8 Å². The van der Waals surface area contributed by atoms with E-state index in [0.29, 0.717) is 21.3 Å². The number of hydrogen-bond donors (Lipinski definition) is 1. The predicted molar refractivity (Wildman–Crippen MR) is 177 cm³/mol. The zero-order valence-corrected chi connectivity index (χ0v) is 27.4. The molecule has 0 fully saturated rings. The first-order valence-electron chi connectivity index (χ1n) is 14.1. The third-order valence-corrected chi connectivity index (χ3v) is 10.1. The molecular formula is C34H35Cl2N3O4S. The van der Waals surface area contributed by atoms with E-state index in [-0.39, 0.29) is 23.8 Å². The van der Waals surface area contributed by atoms with Gasteiger partial charge in [-0.3, -0.25) is 13.9 Å². The Morgan fingerprint density at radius 2 is 1.50 bits per heavy atom. The maximum absolute atomic E-state index is 14.4. The molecule has 4 aromatic rings. The Kier molecular flexibility index (Phi) is 10.7. The van der Waals surface area contributed by atoms with E-state index in [4.69, 9.17) is 23.2 Å². The number of likely N-dealkylation sites (N-methyl/N-ethyl adjacent to an activating group) is 1. The molecule has 44 heavy (non-hydrogen) atoms. The molecule has 0 unspecified atom stereocenters. The minimum Gasteiger partial charge on any atom is -0.357 e. The molecule has 0 saturated carbocycles. The normalized spacial score (nSPS) is 12.0. The lowest BCUT2D eigenvalue weighted by Crippen LogP contribution is -2.53. The average Bonchev–Trinajstić information content (AvgIpc) is 3.01. The SMILES string of the molecule is CNC(=O)[C@H](Cc1ccccc1)N(Cc1ccc(Cl)c(Cl)c1)C(=O)CN(c1cccc(C)c1C)S(=O)(=O)c1ccc(C)cc1. The monoisotopic (exact) mass is 651 g/mol. The standard InChI is InChI=1S/C34H35Cl2N3O4S/c1-23-13-16-28(17-14-23)44(42,43)39(31-12-8-9-24(2)25(31)3)22-33(40)38(21-27-15-18-29(35)30(36)19-27)32(34(41)37-4)20-26-10-6-5-7-11-26/h5-19,32H,20-22H2,1-4H3,(H,37,41)/t32-/m0/s1. The fourth-order valence-electron chi connectivity index (χ4n) is 4.91. The number of nitrogens with zero attached hydrogens (tertiary/aromatic N) is 2. The van der Waals surface area contributed by atoms with Gasteiger partial charge in [0.05, 0.1) is 20.6 Å². The van der Waals surface area contributed by atoms with Crippen LogP contribution in [0.25, 0.3) is 0 Å². The first-order valence-corrected chi connectivity index (χ1v) is 16.3. The number of aryl methyl sites for hydroxylation is 2. The maximum Gasteiger partial charge on any atom is 0.264 e. The summed E-state index contributed by atoms with van der Waals surface area (Å²) in [6.07, 6.45) is 0.210. The summed E-state index contributed by atoms with van der Waals surface area (Å²) in [4.78, 5) is 29.3. The molecule has 0 aromatic heterocycles. The molecule has 1 atom stereocenters. The minimum atomic E-state index is -4.19. The molecule has 0 radical (unpaired) electrons. The molecular weight excluding hydrogens is 617 g/mol. The van der Waals surface area contributed by atoms with Crippen molar-refractivity contribution in [3.8, 4) is 0 Å². The van der Waals surface area contributed by atoms with Gasteiger partial charge in [-0.25, -0.2) is 8.42 Å². The summed E-state index contributed by atoms with van der Waals surface area (Å²) in [7, 11) is -2.68. The second kappa shape index (κ2) is 14.3. The van der Waals surface area contributed by atoms with Gasteiger partial charge in [-0.1, -0.05) is 89.4 Å². The highest BCUT2D eigenvalue weighted by Crippen LogP contribution is 2.30. The zero-order valence-electron chi connectivity index (χ0n) is 25.1. The molecule has 4 rings (SSSR count). The highest BCUT2D eigenvalue weighted by Gasteiger charge is 2.35. The first-order chi connectivity index (χ1) is 20.9. The van der Waals surface area contributed by atoms with Crippen molar-refractivity contribution in [2.45, 2.75) is 44.7 Å². The van der Waals surface area contributed by atoms with Crippen molar-refractivity contribution in [3.63, 3.8) is 0 Å². The van der Waals surface area contributed by atoms with Gasteiger partial charge >= 0.3 is 0 Å². The van der Waals surface area contributed by atoms with E-state index in [9.17, 15) is 18.0 Å². The van der Waals surface area contributed by atoms with Gasteiger partial charge in [-0.15, -0.1) is 0 Å². The molecule has 0 aliphatic rings. The lowest BCUT2D eigenvalue weighted by molar-refractivity contribution is -0.139. The largest absolute Gasteiger partial charge is 0.357 e. The van der Waals surface area contributed by atoms with Crippen molar-refractivity contribution < 1.29 is 18.0 Å². The van der Waals surface area contributed by atoms with Crippen LogP contribution in [0.15, 0.2) is 95.9 Å². The van der Waals surface area contributed by atoms with Crippen LogP contribution in [0, 0.1) is 20.8 Å². The number of halogens is 2. The van der Waals surface area contributed by atoms with E-state index in [0.717, 1.165) is 26.6 Å². The smallest absolute Gasteiger partial charge is 0.264 e. The topological polar surface area (TPSA) is 86.8 Å². The van der Waals surface area contributed by atoms with E-state index >= 15 is 0 Å². The van der Waals surface area contributed by atoms with Gasteiger partial charge in [0.25, 0.3) is 10.0 Å². The summed E-state index contributed by atoms with van der Waals surface area (Å²) in [5.41, 5.74) is 4.35. The first kappa shape index (κ1) is 33.1. The van der Waals surface area contributed by atoms with Gasteiger partial charge in [-0.05, 0) is 73.4 Å². The molecule has 230 valence electrons. The number of hydrogen-bond acceptors (Lipinski definition) is 4. The number of anilines is 1. The second-order valence-corrected chi connectivity index (χ2v) is 13.3. The summed E-state index contributed by atoms with van der Waals surface area (Å²) in [5, 5.41) is 3.33. The average molecular weight is 653 g/mol. The number of carbonyl (C=O) groups excluding carboxylic acids is 2. The van der Waals surface area contributed by atoms with E-state index in [1.807, 2.05) is 57.2 Å². The van der Waals surface area contributed by atoms with Crippen LogP contribution in [-0.2, 0) is 32.6 Å². The van der Waals surface area contributed by atoms with Crippen molar-refractivity contribution in [1.29, 1.82) is 0 Å². The predicted octanol–water partition coefficient (Wildman–Crippen LogP) is 6.50. The van der Waals surface area contributed by atoms with E-state index in [2.05, 4.69) is 5.32 Å². The van der Waals surface area contributed by atoms with E-state index in [1.54, 1.807) is 42.5 Å². The van der Waals surface area contributed by atoms with Gasteiger partial charge in [-0.2, -0.15) is 0 Å². The highest BCUT2D eigenvalue weighted by atomic mass is 35.5. The molecule has 10 heteroatoms. The summed E-state index contributed by atoms with van der Waals surface area (Å²) in [6.45, 7) is 5.03. The lowest BCUT2D eigenvalue weighted by atomic mass is 10.0. The Morgan fingerprint density at radius 3 is 2.14 bits per heavy atom. The molecule has 4 aromatic carbocycles. The van der Waals surface area contributed by atoms with Crippen molar-refractivity contribution in [3.05, 3.63) is 129 Å². The molecule has 0 spiro atoms. The Morgan fingerprint density at radius 1 is 0.818 bits per heavy atom. The van der Waals surface area contributed by atoms with Gasteiger partial charge < -0.3 is 10.2 Å². The Labute approximate surface area is 269 Å². The Hall–Kier alpha value is -3.85. The molecule has 1 N–H and O–H groups in total. The lowest BCUT2D eigenvalue weighted by Gasteiger charge is -2.34. The molecule has 2 amide bonds. The van der Waals surface area contributed by atoms with E-state index in [1.165, 1.54) is 24.1 Å². The number of sulfonamides is 1. The fourth-order valence-corrected chi connectivity index (χ4v) is 6.70. The van der Waals surface area contributed by atoms with Crippen molar-refractivity contribution in [2.75, 3.05) is 17.9 Å². The molecule has 0 aliphatic heterocycles.